The second-order valence-corrected chi connectivity index (χ2v) is 9.27. The molecule has 0 bridgehead atoms. The zero-order chi connectivity index (χ0) is 32.9. The summed E-state index contributed by atoms with van der Waals surface area (Å²) in [6.45, 7) is 0.911. The predicted octanol–water partition coefficient (Wildman–Crippen LogP) is -2.60. The van der Waals surface area contributed by atoms with Crippen molar-refractivity contribution in [3.05, 3.63) is 46.6 Å². The second kappa shape index (κ2) is 14.2. The van der Waals surface area contributed by atoms with Crippen LogP contribution in [0, 0.1) is 0 Å². The van der Waals surface area contributed by atoms with Crippen molar-refractivity contribution in [1.82, 2.24) is 0 Å². The van der Waals surface area contributed by atoms with Crippen LogP contribution in [0.3, 0.4) is 0 Å². The first-order chi connectivity index (χ1) is 20.7. The number of benzene rings is 2. The highest BCUT2D eigenvalue weighted by Crippen LogP contribution is 2.37. The Morgan fingerprint density at radius 2 is 1.41 bits per heavy atom. The van der Waals surface area contributed by atoms with Crippen LogP contribution in [0.25, 0.3) is 22.3 Å². The fraction of sp³-hybridized carbons (Fsp3) is 0.333. The average molecular weight is 625 g/mol. The molecule has 0 unspecified atom stereocenters. The number of fused-ring (bicyclic) bond motifs is 1. The molecule has 9 N–H and O–H groups in total. The number of carbonyl (C=O) groups is 3. The van der Waals surface area contributed by atoms with Gasteiger partial charge in [-0.2, -0.15) is 0 Å². The van der Waals surface area contributed by atoms with Crippen LogP contribution in [0.2, 0.25) is 0 Å². The summed E-state index contributed by atoms with van der Waals surface area (Å²) in [6, 6.07) is 6.57. The zero-order valence-electron chi connectivity index (χ0n) is 22.5. The zero-order valence-corrected chi connectivity index (χ0v) is 22.5. The van der Waals surface area contributed by atoms with Gasteiger partial charge in [0.2, 0.25) is 23.8 Å². The molecular formula is C27H28O17. The maximum Gasteiger partial charge on any atom is 0.303 e. The molecule has 1 heterocycles. The van der Waals surface area contributed by atoms with Crippen molar-refractivity contribution >= 4 is 29.5 Å². The molecule has 17 nitrogen and oxygen atoms in total. The fourth-order valence-electron chi connectivity index (χ4n) is 3.86. The van der Waals surface area contributed by atoms with Gasteiger partial charge in [0, 0.05) is 24.6 Å². The molecule has 44 heavy (non-hydrogen) atoms. The Labute approximate surface area is 245 Å². The average Bonchev–Trinajstić information content (AvgIpc) is 2.99. The van der Waals surface area contributed by atoms with Gasteiger partial charge in [0.15, 0.2) is 30.5 Å². The molecule has 0 aliphatic carbocycles. The third-order valence-corrected chi connectivity index (χ3v) is 6.07. The van der Waals surface area contributed by atoms with Crippen LogP contribution in [0.15, 0.2) is 45.6 Å². The van der Waals surface area contributed by atoms with Crippen LogP contribution in [-0.2, 0) is 19.1 Å². The van der Waals surface area contributed by atoms with Crippen molar-refractivity contribution in [1.29, 1.82) is 0 Å². The van der Waals surface area contributed by atoms with E-state index in [1.807, 2.05) is 0 Å². The second-order valence-electron chi connectivity index (χ2n) is 9.27. The number of phenols is 2. The molecule has 3 rings (SSSR count). The molecule has 8 atom stereocenters. The molecule has 0 spiro atoms. The molecule has 238 valence electrons. The molecular weight excluding hydrogens is 596 g/mol. The number of hydrogen-bond acceptors (Lipinski definition) is 17. The Hall–Kier alpha value is -4.62. The number of rotatable bonds is 14. The van der Waals surface area contributed by atoms with E-state index in [1.165, 1.54) is 24.3 Å². The van der Waals surface area contributed by atoms with Crippen molar-refractivity contribution in [2.75, 3.05) is 0 Å². The Kier molecular flexibility index (Phi) is 11.0. The van der Waals surface area contributed by atoms with Crippen molar-refractivity contribution in [3.8, 4) is 34.3 Å². The number of aromatic hydroxyl groups is 2. The van der Waals surface area contributed by atoms with Crippen molar-refractivity contribution in [3.63, 3.8) is 0 Å². The number of aliphatic hydroxyl groups is 7. The van der Waals surface area contributed by atoms with Crippen LogP contribution in [-0.4, -0.2) is 114 Å². The van der Waals surface area contributed by atoms with Crippen LogP contribution in [0.5, 0.6) is 23.0 Å². The number of aliphatic hydroxyl groups excluding tert-OH is 7. The van der Waals surface area contributed by atoms with Gasteiger partial charge in [-0.15, -0.1) is 0 Å². The van der Waals surface area contributed by atoms with E-state index in [-0.39, 0.29) is 23.9 Å². The van der Waals surface area contributed by atoms with E-state index in [1.54, 1.807) is 0 Å². The van der Waals surface area contributed by atoms with Gasteiger partial charge in [0.25, 0.3) is 0 Å². The van der Waals surface area contributed by atoms with E-state index in [2.05, 4.69) is 4.74 Å². The summed E-state index contributed by atoms with van der Waals surface area (Å²) in [5.41, 5.74) is -1.59. The molecule has 1 aromatic heterocycles. The van der Waals surface area contributed by atoms with Gasteiger partial charge in [-0.05, 0) is 24.3 Å². The first kappa shape index (κ1) is 33.9. The van der Waals surface area contributed by atoms with E-state index in [0.717, 1.165) is 19.1 Å². The van der Waals surface area contributed by atoms with Gasteiger partial charge < -0.3 is 74.2 Å². The minimum atomic E-state index is -2.44. The quantitative estimate of drug-likeness (QED) is 0.0504. The lowest BCUT2D eigenvalue weighted by Crippen LogP contribution is -2.49. The highest BCUT2D eigenvalue weighted by atomic mass is 16.6. The monoisotopic (exact) mass is 624 g/mol. The maximum absolute atomic E-state index is 13.5. The summed E-state index contributed by atoms with van der Waals surface area (Å²) in [6.07, 6.45) is -17.8. The Balaban J connectivity index is 2.09. The predicted molar refractivity (Wildman–Crippen MR) is 142 cm³/mol. The molecule has 0 radical (unpaired) electrons. The lowest BCUT2D eigenvalue weighted by atomic mass is 10.1. The molecule has 0 saturated heterocycles. The highest BCUT2D eigenvalue weighted by Gasteiger charge is 2.37. The molecule has 17 heteroatoms. The number of carbonyl (C=O) groups excluding carboxylic acids is 3. The van der Waals surface area contributed by atoms with Crippen LogP contribution in [0.1, 0.15) is 6.92 Å². The summed E-state index contributed by atoms with van der Waals surface area (Å²) >= 11 is 0. The maximum atomic E-state index is 13.5. The molecule has 0 aliphatic rings. The Bertz CT molecular complexity index is 1530. The van der Waals surface area contributed by atoms with Crippen LogP contribution >= 0.6 is 0 Å². The molecule has 0 aliphatic heterocycles. The molecule has 0 saturated carbocycles. The van der Waals surface area contributed by atoms with E-state index < -0.39 is 94.6 Å². The summed E-state index contributed by atoms with van der Waals surface area (Å²) < 4.78 is 20.7. The lowest BCUT2D eigenvalue weighted by molar-refractivity contribution is -0.188. The van der Waals surface area contributed by atoms with Crippen molar-refractivity contribution in [2.24, 2.45) is 0 Å². The van der Waals surface area contributed by atoms with E-state index in [4.69, 9.17) is 13.9 Å². The van der Waals surface area contributed by atoms with Gasteiger partial charge in [-0.3, -0.25) is 9.59 Å². The smallest absolute Gasteiger partial charge is 0.303 e. The first-order valence-electron chi connectivity index (χ1n) is 12.5. The lowest BCUT2D eigenvalue weighted by Gasteiger charge is -2.27. The SMILES string of the molecule is CC(=O)O[C@@H]([C@@H](O)[C@@H](O)Oc1cc(O)c2c(=O)c(O[C@H](O)[C@H](O)[C@@H](O)[C@@H](O)C=O)c(-c3ccc(O)cc3)oc2c1)[C@H](O)C=O. The highest BCUT2D eigenvalue weighted by molar-refractivity contribution is 5.88. The van der Waals surface area contributed by atoms with Crippen LogP contribution < -0.4 is 14.9 Å². The van der Waals surface area contributed by atoms with Crippen molar-refractivity contribution in [2.45, 2.75) is 56.1 Å². The van der Waals surface area contributed by atoms with E-state index in [9.17, 15) is 65.1 Å². The molecule has 3 aromatic rings. The summed E-state index contributed by atoms with van der Waals surface area (Å²) in [5, 5.41) is 89.9. The standard InChI is InChI=1S/C27H28O17/c1-10(30)41-24(16(34)9-29)22(38)27(40)42-13-6-14(32)18-17(7-13)43-23(11-2-4-12(31)5-3-11)25(20(18)36)44-26(39)21(37)19(35)15(33)8-28/h2-9,15-16,19,21-22,24,26-27,31-35,37-40H,1H3/t15-,16+,19-,21+,22+,24+,26-,27-/m0/s1. The third kappa shape index (κ3) is 7.47. The minimum Gasteiger partial charge on any atom is -0.508 e. The van der Waals surface area contributed by atoms with Crippen LogP contribution in [0.4, 0.5) is 0 Å². The largest absolute Gasteiger partial charge is 0.508 e. The van der Waals surface area contributed by atoms with Crippen molar-refractivity contribution < 1.29 is 79.0 Å². The molecule has 2 aromatic carbocycles. The summed E-state index contributed by atoms with van der Waals surface area (Å²) in [7, 11) is 0. The summed E-state index contributed by atoms with van der Waals surface area (Å²) in [4.78, 5) is 46.5. The Morgan fingerprint density at radius 3 is 1.98 bits per heavy atom. The van der Waals surface area contributed by atoms with Gasteiger partial charge >= 0.3 is 5.97 Å². The van der Waals surface area contributed by atoms with Gasteiger partial charge in [-0.1, -0.05) is 0 Å². The van der Waals surface area contributed by atoms with E-state index in [0.29, 0.717) is 0 Å². The fourth-order valence-corrected chi connectivity index (χ4v) is 3.86. The molecule has 0 fully saturated rings. The first-order valence-corrected chi connectivity index (χ1v) is 12.5. The number of phenolic OH excluding ortho intramolecular Hbond substituents is 2. The number of hydrogen-bond donors (Lipinski definition) is 9. The minimum absolute atomic E-state index is 0.0281. The third-order valence-electron chi connectivity index (χ3n) is 6.07. The normalized spacial score (nSPS) is 16.9. The number of aldehydes is 2. The Morgan fingerprint density at radius 1 is 0.818 bits per heavy atom. The van der Waals surface area contributed by atoms with Gasteiger partial charge in [0.1, 0.15) is 52.6 Å². The number of esters is 1. The number of ether oxygens (including phenoxy) is 3. The van der Waals surface area contributed by atoms with E-state index >= 15 is 0 Å². The molecule has 0 amide bonds. The van der Waals surface area contributed by atoms with Gasteiger partial charge in [0.05, 0.1) is 0 Å². The topological polar surface area (TPSA) is 291 Å². The van der Waals surface area contributed by atoms with Gasteiger partial charge in [-0.25, -0.2) is 0 Å². The summed E-state index contributed by atoms with van der Waals surface area (Å²) in [5.74, 6) is -3.86.